The minimum absolute atomic E-state index is 0.110. The molecule has 1 atom stereocenters. The van der Waals surface area contributed by atoms with E-state index in [9.17, 15) is 4.79 Å². The van der Waals surface area contributed by atoms with Gasteiger partial charge in [0.1, 0.15) is 5.82 Å². The van der Waals surface area contributed by atoms with Gasteiger partial charge in [0.25, 0.3) is 0 Å². The standard InChI is InChI=1S/C27H35N5O/c1-2-32-25-13-7-6-12-24(25)28-26(32)21-30-14-8-11-23(20-30)27(33)31-17-15-29(16-18-31)19-22-9-4-3-5-10-22/h3-7,9-10,12-13,23H,2,8,11,14-21H2,1H3/t23-/m1/s1. The molecule has 5 rings (SSSR count). The van der Waals surface area contributed by atoms with E-state index in [-0.39, 0.29) is 5.92 Å². The molecule has 0 bridgehead atoms. The van der Waals surface area contributed by atoms with Crippen LogP contribution in [-0.2, 0) is 24.4 Å². The number of likely N-dealkylation sites (tertiary alicyclic amines) is 1. The number of piperazine rings is 1. The molecule has 0 radical (unpaired) electrons. The highest BCUT2D eigenvalue weighted by atomic mass is 16.2. The molecule has 0 N–H and O–H groups in total. The molecule has 33 heavy (non-hydrogen) atoms. The minimum atomic E-state index is 0.110. The van der Waals surface area contributed by atoms with Crippen LogP contribution in [0.15, 0.2) is 54.6 Å². The number of para-hydroxylation sites is 2. The summed E-state index contributed by atoms with van der Waals surface area (Å²) in [6, 6.07) is 19.0. The molecular formula is C27H35N5O. The fourth-order valence-corrected chi connectivity index (χ4v) is 5.43. The van der Waals surface area contributed by atoms with Gasteiger partial charge >= 0.3 is 0 Å². The lowest BCUT2D eigenvalue weighted by Gasteiger charge is -2.39. The molecule has 3 aromatic rings. The Morgan fingerprint density at radius 2 is 1.67 bits per heavy atom. The maximum Gasteiger partial charge on any atom is 0.227 e. The van der Waals surface area contributed by atoms with Crippen molar-refractivity contribution in [2.75, 3.05) is 39.3 Å². The van der Waals surface area contributed by atoms with Crippen LogP contribution >= 0.6 is 0 Å². The Balaban J connectivity index is 1.17. The third-order valence-electron chi connectivity index (χ3n) is 7.20. The van der Waals surface area contributed by atoms with Gasteiger partial charge in [-0.15, -0.1) is 0 Å². The molecule has 2 fully saturated rings. The first-order valence-electron chi connectivity index (χ1n) is 12.4. The summed E-state index contributed by atoms with van der Waals surface area (Å²) >= 11 is 0. The zero-order chi connectivity index (χ0) is 22.6. The normalized spacial score (nSPS) is 20.4. The zero-order valence-electron chi connectivity index (χ0n) is 19.7. The van der Waals surface area contributed by atoms with Crippen LogP contribution in [0.5, 0.6) is 0 Å². The molecule has 2 aromatic carbocycles. The molecule has 0 unspecified atom stereocenters. The number of benzene rings is 2. The minimum Gasteiger partial charge on any atom is -0.340 e. The summed E-state index contributed by atoms with van der Waals surface area (Å²) in [5, 5.41) is 0. The van der Waals surface area contributed by atoms with Crippen molar-refractivity contribution < 1.29 is 4.79 Å². The van der Waals surface area contributed by atoms with E-state index in [4.69, 9.17) is 4.98 Å². The average molecular weight is 446 g/mol. The second-order valence-corrected chi connectivity index (χ2v) is 9.42. The van der Waals surface area contributed by atoms with E-state index in [0.717, 1.165) is 83.1 Å². The van der Waals surface area contributed by atoms with Crippen LogP contribution in [0.2, 0.25) is 0 Å². The molecular weight excluding hydrogens is 410 g/mol. The predicted molar refractivity (Wildman–Crippen MR) is 132 cm³/mol. The maximum absolute atomic E-state index is 13.3. The number of hydrogen-bond donors (Lipinski definition) is 0. The Morgan fingerprint density at radius 1 is 0.909 bits per heavy atom. The van der Waals surface area contributed by atoms with Crippen molar-refractivity contribution in [3.8, 4) is 0 Å². The van der Waals surface area contributed by atoms with Crippen LogP contribution < -0.4 is 0 Å². The van der Waals surface area contributed by atoms with Gasteiger partial charge in [0.05, 0.1) is 23.5 Å². The number of imidazole rings is 1. The number of piperidine rings is 1. The fraction of sp³-hybridized carbons (Fsp3) is 0.481. The third kappa shape index (κ3) is 4.97. The number of nitrogens with zero attached hydrogens (tertiary/aromatic N) is 5. The molecule has 1 amide bonds. The molecule has 174 valence electrons. The number of fused-ring (bicyclic) bond motifs is 1. The van der Waals surface area contributed by atoms with Crippen molar-refractivity contribution in [2.45, 2.75) is 39.4 Å². The topological polar surface area (TPSA) is 44.6 Å². The molecule has 6 heteroatoms. The van der Waals surface area contributed by atoms with E-state index in [2.05, 4.69) is 74.7 Å². The SMILES string of the molecule is CCn1c(CN2CCC[C@@H](C(=O)N3CCN(Cc4ccccc4)CC3)C2)nc2ccccc21. The Labute approximate surface area is 196 Å². The molecule has 0 aliphatic carbocycles. The number of aromatic nitrogens is 2. The van der Waals surface area contributed by atoms with Crippen LogP contribution in [0.1, 0.15) is 31.2 Å². The highest BCUT2D eigenvalue weighted by Gasteiger charge is 2.31. The Bertz CT molecular complexity index is 1070. The van der Waals surface area contributed by atoms with Gasteiger partial charge in [0.2, 0.25) is 5.91 Å². The quantitative estimate of drug-likeness (QED) is 0.581. The second kappa shape index (κ2) is 10.1. The van der Waals surface area contributed by atoms with Crippen molar-refractivity contribution in [3.63, 3.8) is 0 Å². The highest BCUT2D eigenvalue weighted by molar-refractivity contribution is 5.79. The number of carbonyl (C=O) groups is 1. The average Bonchev–Trinajstić information content (AvgIpc) is 3.21. The monoisotopic (exact) mass is 445 g/mol. The molecule has 0 saturated carbocycles. The van der Waals surface area contributed by atoms with Gasteiger partial charge in [0, 0.05) is 45.8 Å². The van der Waals surface area contributed by atoms with Crippen LogP contribution in [0.4, 0.5) is 0 Å². The summed E-state index contributed by atoms with van der Waals surface area (Å²) in [7, 11) is 0. The first kappa shape index (κ1) is 22.1. The molecule has 0 spiro atoms. The van der Waals surface area contributed by atoms with Crippen molar-refractivity contribution in [2.24, 2.45) is 5.92 Å². The number of hydrogen-bond acceptors (Lipinski definition) is 4. The number of aryl methyl sites for hydroxylation is 1. The second-order valence-electron chi connectivity index (χ2n) is 9.42. The first-order valence-corrected chi connectivity index (χ1v) is 12.4. The predicted octanol–water partition coefficient (Wildman–Crippen LogP) is 3.61. The van der Waals surface area contributed by atoms with Crippen LogP contribution in [-0.4, -0.2) is 69.4 Å². The van der Waals surface area contributed by atoms with Crippen molar-refractivity contribution in [1.82, 2.24) is 24.3 Å². The lowest BCUT2D eigenvalue weighted by Crippen LogP contribution is -2.52. The largest absolute Gasteiger partial charge is 0.340 e. The molecule has 2 aliphatic heterocycles. The van der Waals surface area contributed by atoms with Gasteiger partial charge in [-0.1, -0.05) is 42.5 Å². The summed E-state index contributed by atoms with van der Waals surface area (Å²) in [6.45, 7) is 10.4. The summed E-state index contributed by atoms with van der Waals surface area (Å²) in [5.74, 6) is 1.57. The van der Waals surface area contributed by atoms with E-state index in [0.29, 0.717) is 5.91 Å². The van der Waals surface area contributed by atoms with E-state index in [1.54, 1.807) is 0 Å². The molecule has 2 aliphatic rings. The molecule has 2 saturated heterocycles. The maximum atomic E-state index is 13.3. The summed E-state index contributed by atoms with van der Waals surface area (Å²) in [5.41, 5.74) is 3.61. The first-order chi connectivity index (χ1) is 16.2. The van der Waals surface area contributed by atoms with E-state index in [1.807, 2.05) is 6.07 Å². The van der Waals surface area contributed by atoms with Gasteiger partial charge in [-0.3, -0.25) is 14.6 Å². The number of carbonyl (C=O) groups excluding carboxylic acids is 1. The van der Waals surface area contributed by atoms with Gasteiger partial charge < -0.3 is 9.47 Å². The number of rotatable bonds is 6. The van der Waals surface area contributed by atoms with Gasteiger partial charge in [0.15, 0.2) is 0 Å². The Hall–Kier alpha value is -2.70. The molecule has 6 nitrogen and oxygen atoms in total. The van der Waals surface area contributed by atoms with E-state index >= 15 is 0 Å². The van der Waals surface area contributed by atoms with Crippen molar-refractivity contribution >= 4 is 16.9 Å². The van der Waals surface area contributed by atoms with Gasteiger partial charge in [-0.05, 0) is 44.0 Å². The van der Waals surface area contributed by atoms with Crippen LogP contribution in [0, 0.1) is 5.92 Å². The highest BCUT2D eigenvalue weighted by Crippen LogP contribution is 2.23. The Morgan fingerprint density at radius 3 is 2.45 bits per heavy atom. The third-order valence-corrected chi connectivity index (χ3v) is 7.20. The summed E-state index contributed by atoms with van der Waals surface area (Å²) < 4.78 is 2.31. The van der Waals surface area contributed by atoms with Gasteiger partial charge in [-0.25, -0.2) is 4.98 Å². The number of amides is 1. The van der Waals surface area contributed by atoms with Crippen LogP contribution in [0.3, 0.4) is 0 Å². The Kier molecular flexibility index (Phi) is 6.74. The van der Waals surface area contributed by atoms with E-state index < -0.39 is 0 Å². The van der Waals surface area contributed by atoms with Crippen molar-refractivity contribution in [1.29, 1.82) is 0 Å². The van der Waals surface area contributed by atoms with E-state index in [1.165, 1.54) is 11.1 Å². The zero-order valence-corrected chi connectivity index (χ0v) is 19.7. The lowest BCUT2D eigenvalue weighted by atomic mass is 9.96. The lowest BCUT2D eigenvalue weighted by molar-refractivity contribution is -0.139. The summed E-state index contributed by atoms with van der Waals surface area (Å²) in [6.07, 6.45) is 2.08. The van der Waals surface area contributed by atoms with Crippen LogP contribution in [0.25, 0.3) is 11.0 Å². The molecule has 1 aromatic heterocycles. The van der Waals surface area contributed by atoms with Crippen molar-refractivity contribution in [3.05, 3.63) is 66.0 Å². The summed E-state index contributed by atoms with van der Waals surface area (Å²) in [4.78, 5) is 25.2. The fourth-order valence-electron chi connectivity index (χ4n) is 5.43. The van der Waals surface area contributed by atoms with Gasteiger partial charge in [-0.2, -0.15) is 0 Å². The molecule has 3 heterocycles. The smallest absolute Gasteiger partial charge is 0.227 e.